The monoisotopic (exact) mass is 486 g/mol. The second-order valence-corrected chi connectivity index (χ2v) is 8.65. The molecule has 4 N–H and O–H groups in total. The van der Waals surface area contributed by atoms with E-state index in [1.54, 1.807) is 25.3 Å². The standard InChI is InChI=1S/C26H26N6O4/c1-13(2)35-25-22-18(15-5-8-20-21(10-15)36-14(3)29-20)11-28-24(22)31-26(32-25)30-19-7-6-16(23(27)33)9-17(19)12-34-4/h5-11,13H,12H2,1-4H3,(H2,27,33)(H2,28,30,31,32). The van der Waals surface area contributed by atoms with E-state index in [0.29, 0.717) is 40.2 Å². The molecule has 36 heavy (non-hydrogen) atoms. The van der Waals surface area contributed by atoms with Gasteiger partial charge in [0.05, 0.1) is 18.1 Å². The number of nitrogens with one attached hydrogen (secondary N) is 2. The molecule has 184 valence electrons. The molecular formula is C26H26N6O4. The molecule has 0 spiro atoms. The fourth-order valence-electron chi connectivity index (χ4n) is 4.06. The SMILES string of the molecule is COCc1cc(C(N)=O)ccc1Nc1nc(OC(C)C)c2c(-c3ccc4nc(C)oc4c3)c[nH]c2n1. The van der Waals surface area contributed by atoms with Crippen LogP contribution in [0.25, 0.3) is 33.3 Å². The number of oxazole rings is 1. The van der Waals surface area contributed by atoms with E-state index in [-0.39, 0.29) is 12.7 Å². The number of primary amides is 1. The molecule has 0 aliphatic carbocycles. The number of aryl methyl sites for hydroxylation is 1. The number of fused-ring (bicyclic) bond motifs is 2. The molecule has 0 saturated heterocycles. The average Bonchev–Trinajstić information content (AvgIpc) is 3.42. The van der Waals surface area contributed by atoms with Gasteiger partial charge in [-0.2, -0.15) is 9.97 Å². The summed E-state index contributed by atoms with van der Waals surface area (Å²) in [6.07, 6.45) is 1.76. The Bertz CT molecular complexity index is 1590. The number of nitrogens with two attached hydrogens (primary N) is 1. The summed E-state index contributed by atoms with van der Waals surface area (Å²) in [5.74, 6) is 0.865. The number of anilines is 2. The number of hydrogen-bond acceptors (Lipinski definition) is 8. The highest BCUT2D eigenvalue weighted by atomic mass is 16.5. The topological polar surface area (TPSA) is 141 Å². The van der Waals surface area contributed by atoms with E-state index >= 15 is 0 Å². The first-order chi connectivity index (χ1) is 17.3. The second kappa shape index (κ2) is 9.31. The summed E-state index contributed by atoms with van der Waals surface area (Å²) in [6, 6.07) is 10.9. The van der Waals surface area contributed by atoms with E-state index in [4.69, 9.17) is 19.6 Å². The fraction of sp³-hybridized carbons (Fsp3) is 0.231. The normalized spacial score (nSPS) is 11.5. The Morgan fingerprint density at radius 1 is 1.17 bits per heavy atom. The van der Waals surface area contributed by atoms with Crippen LogP contribution >= 0.6 is 0 Å². The van der Waals surface area contributed by atoms with Crippen LogP contribution in [0, 0.1) is 6.92 Å². The number of H-pyrrole nitrogens is 1. The Morgan fingerprint density at radius 2 is 2.00 bits per heavy atom. The number of ether oxygens (including phenoxy) is 2. The highest BCUT2D eigenvalue weighted by Gasteiger charge is 2.19. The van der Waals surface area contributed by atoms with Crippen LogP contribution in [0.5, 0.6) is 5.88 Å². The summed E-state index contributed by atoms with van der Waals surface area (Å²) >= 11 is 0. The lowest BCUT2D eigenvalue weighted by molar-refractivity contribution is 0.1000. The van der Waals surface area contributed by atoms with Gasteiger partial charge >= 0.3 is 0 Å². The molecule has 10 nitrogen and oxygen atoms in total. The number of aromatic nitrogens is 4. The molecular weight excluding hydrogens is 460 g/mol. The van der Waals surface area contributed by atoms with Crippen LogP contribution in [-0.2, 0) is 11.3 Å². The van der Waals surface area contributed by atoms with Gasteiger partial charge in [-0.1, -0.05) is 6.07 Å². The molecule has 0 unspecified atom stereocenters. The lowest BCUT2D eigenvalue weighted by atomic mass is 10.1. The molecule has 10 heteroatoms. The summed E-state index contributed by atoms with van der Waals surface area (Å²) in [4.78, 5) is 28.6. The third-order valence-corrected chi connectivity index (χ3v) is 5.59. The van der Waals surface area contributed by atoms with Gasteiger partial charge < -0.3 is 29.9 Å². The molecule has 5 rings (SSSR count). The molecule has 0 fully saturated rings. The molecule has 0 atom stereocenters. The molecule has 3 aromatic heterocycles. The number of methoxy groups -OCH3 is 1. The van der Waals surface area contributed by atoms with Crippen molar-refractivity contribution >= 4 is 39.7 Å². The van der Waals surface area contributed by atoms with Gasteiger partial charge in [-0.15, -0.1) is 0 Å². The quantitative estimate of drug-likeness (QED) is 0.283. The third-order valence-electron chi connectivity index (χ3n) is 5.59. The van der Waals surface area contributed by atoms with Crippen molar-refractivity contribution < 1.29 is 18.7 Å². The Labute approximate surface area is 206 Å². The number of carbonyl (C=O) groups is 1. The van der Waals surface area contributed by atoms with Crippen molar-refractivity contribution in [3.8, 4) is 17.0 Å². The van der Waals surface area contributed by atoms with E-state index in [2.05, 4.69) is 25.3 Å². The largest absolute Gasteiger partial charge is 0.474 e. The molecule has 5 aromatic rings. The first-order valence-electron chi connectivity index (χ1n) is 11.4. The zero-order chi connectivity index (χ0) is 25.4. The zero-order valence-corrected chi connectivity index (χ0v) is 20.4. The minimum Gasteiger partial charge on any atom is -0.474 e. The maximum absolute atomic E-state index is 11.6. The molecule has 3 heterocycles. The van der Waals surface area contributed by atoms with Crippen molar-refractivity contribution in [2.24, 2.45) is 5.73 Å². The van der Waals surface area contributed by atoms with Crippen molar-refractivity contribution in [2.75, 3.05) is 12.4 Å². The van der Waals surface area contributed by atoms with Crippen molar-refractivity contribution in [3.05, 3.63) is 59.6 Å². The average molecular weight is 487 g/mol. The smallest absolute Gasteiger partial charge is 0.248 e. The molecule has 0 radical (unpaired) electrons. The van der Waals surface area contributed by atoms with Gasteiger partial charge in [-0.3, -0.25) is 4.79 Å². The Morgan fingerprint density at radius 3 is 2.75 bits per heavy atom. The van der Waals surface area contributed by atoms with Crippen LogP contribution in [0.1, 0.15) is 35.7 Å². The second-order valence-electron chi connectivity index (χ2n) is 8.65. The maximum Gasteiger partial charge on any atom is 0.248 e. The predicted octanol–water partition coefficient (Wildman–Crippen LogP) is 4.85. The van der Waals surface area contributed by atoms with E-state index in [1.165, 1.54) is 0 Å². The van der Waals surface area contributed by atoms with E-state index in [0.717, 1.165) is 27.6 Å². The van der Waals surface area contributed by atoms with E-state index in [1.807, 2.05) is 45.2 Å². The minimum atomic E-state index is -0.512. The lowest BCUT2D eigenvalue weighted by Gasteiger charge is -2.15. The summed E-state index contributed by atoms with van der Waals surface area (Å²) in [7, 11) is 1.58. The van der Waals surface area contributed by atoms with Gasteiger partial charge in [-0.05, 0) is 49.7 Å². The Hall–Kier alpha value is -4.44. The van der Waals surface area contributed by atoms with Crippen LogP contribution in [0.3, 0.4) is 0 Å². The zero-order valence-electron chi connectivity index (χ0n) is 20.4. The summed E-state index contributed by atoms with van der Waals surface area (Å²) in [6.45, 7) is 5.98. The van der Waals surface area contributed by atoms with Crippen molar-refractivity contribution in [1.29, 1.82) is 0 Å². The Kier molecular flexibility index (Phi) is 6.03. The van der Waals surface area contributed by atoms with E-state index in [9.17, 15) is 4.79 Å². The van der Waals surface area contributed by atoms with Crippen molar-refractivity contribution in [2.45, 2.75) is 33.5 Å². The van der Waals surface area contributed by atoms with Gasteiger partial charge in [0.15, 0.2) is 11.5 Å². The van der Waals surface area contributed by atoms with Crippen molar-refractivity contribution in [3.63, 3.8) is 0 Å². The summed E-state index contributed by atoms with van der Waals surface area (Å²) in [5, 5.41) is 3.98. The van der Waals surface area contributed by atoms with Gasteiger partial charge in [-0.25, -0.2) is 4.98 Å². The van der Waals surface area contributed by atoms with Crippen LogP contribution in [-0.4, -0.2) is 39.1 Å². The molecule has 0 aliphatic heterocycles. The maximum atomic E-state index is 11.6. The highest BCUT2D eigenvalue weighted by Crippen LogP contribution is 2.36. The first-order valence-corrected chi connectivity index (χ1v) is 11.4. The highest BCUT2D eigenvalue weighted by molar-refractivity contribution is 5.99. The van der Waals surface area contributed by atoms with Crippen molar-refractivity contribution in [1.82, 2.24) is 19.9 Å². The molecule has 0 aliphatic rings. The molecule has 1 amide bonds. The minimum absolute atomic E-state index is 0.114. The number of carbonyl (C=O) groups excluding carboxylic acids is 1. The van der Waals surface area contributed by atoms with Gasteiger partial charge in [0, 0.05) is 42.6 Å². The molecule has 0 bridgehead atoms. The van der Waals surface area contributed by atoms with Gasteiger partial charge in [0.1, 0.15) is 11.2 Å². The number of amides is 1. The van der Waals surface area contributed by atoms with Crippen LogP contribution in [0.2, 0.25) is 0 Å². The molecule has 2 aromatic carbocycles. The Balaban J connectivity index is 1.59. The predicted molar refractivity (Wildman–Crippen MR) is 136 cm³/mol. The number of hydrogen-bond donors (Lipinski definition) is 3. The third kappa shape index (κ3) is 4.46. The van der Waals surface area contributed by atoms with Crippen LogP contribution < -0.4 is 15.8 Å². The lowest BCUT2D eigenvalue weighted by Crippen LogP contribution is -2.12. The van der Waals surface area contributed by atoms with Gasteiger partial charge in [0.2, 0.25) is 17.7 Å². The molecule has 0 saturated carbocycles. The van der Waals surface area contributed by atoms with Gasteiger partial charge in [0.25, 0.3) is 0 Å². The van der Waals surface area contributed by atoms with Crippen LogP contribution in [0.4, 0.5) is 11.6 Å². The summed E-state index contributed by atoms with van der Waals surface area (Å²) < 4.78 is 17.1. The summed E-state index contributed by atoms with van der Waals surface area (Å²) in [5.41, 5.74) is 11.2. The number of nitrogens with zero attached hydrogens (tertiary/aromatic N) is 3. The first kappa shape index (κ1) is 23.3. The number of rotatable bonds is 8. The van der Waals surface area contributed by atoms with E-state index < -0.39 is 5.91 Å². The number of aromatic amines is 1. The fourth-order valence-corrected chi connectivity index (χ4v) is 4.06. The number of benzene rings is 2. The van der Waals surface area contributed by atoms with Crippen LogP contribution in [0.15, 0.2) is 47.0 Å².